The van der Waals surface area contributed by atoms with Crippen molar-refractivity contribution in [1.29, 1.82) is 0 Å². The van der Waals surface area contributed by atoms with Gasteiger partial charge in [0.15, 0.2) is 6.10 Å². The third kappa shape index (κ3) is 3.85. The molecule has 0 bridgehead atoms. The minimum absolute atomic E-state index is 0.377. The maximum atomic E-state index is 12.9. The molecular weight excluding hydrogens is 325 g/mol. The average Bonchev–Trinajstić information content (AvgIpc) is 2.56. The second kappa shape index (κ2) is 6.76. The van der Waals surface area contributed by atoms with Gasteiger partial charge in [-0.1, -0.05) is 0 Å². The fraction of sp³-hybridized carbons (Fsp3) is 0.158. The second-order valence-electron chi connectivity index (χ2n) is 5.66. The number of fused-ring (bicyclic) bond motifs is 1. The van der Waals surface area contributed by atoms with Gasteiger partial charge in [0.05, 0.1) is 0 Å². The van der Waals surface area contributed by atoms with Gasteiger partial charge in [-0.3, -0.25) is 4.79 Å². The molecule has 2 aromatic carbocycles. The Morgan fingerprint density at radius 1 is 1.16 bits per heavy atom. The Hall–Kier alpha value is -3.15. The van der Waals surface area contributed by atoms with Crippen molar-refractivity contribution < 1.29 is 18.3 Å². The van der Waals surface area contributed by atoms with Gasteiger partial charge in [0.2, 0.25) is 0 Å². The molecule has 0 fully saturated rings. The molecule has 25 heavy (non-hydrogen) atoms. The number of carbonyl (C=O) groups is 1. The molecule has 3 rings (SSSR count). The van der Waals surface area contributed by atoms with E-state index in [1.165, 1.54) is 30.3 Å². The van der Waals surface area contributed by atoms with Gasteiger partial charge in [-0.25, -0.2) is 9.18 Å². The van der Waals surface area contributed by atoms with Gasteiger partial charge >= 0.3 is 5.63 Å². The summed E-state index contributed by atoms with van der Waals surface area (Å²) in [6.07, 6.45) is -0.793. The van der Waals surface area contributed by atoms with Gasteiger partial charge < -0.3 is 14.5 Å². The predicted octanol–water partition coefficient (Wildman–Crippen LogP) is 3.65. The maximum absolute atomic E-state index is 12.9. The van der Waals surface area contributed by atoms with Gasteiger partial charge in [0.1, 0.15) is 17.1 Å². The highest BCUT2D eigenvalue weighted by atomic mass is 19.1. The topological polar surface area (TPSA) is 68.5 Å². The van der Waals surface area contributed by atoms with Gasteiger partial charge in [-0.15, -0.1) is 0 Å². The monoisotopic (exact) mass is 341 g/mol. The maximum Gasteiger partial charge on any atom is 0.336 e. The van der Waals surface area contributed by atoms with E-state index in [9.17, 15) is 14.0 Å². The van der Waals surface area contributed by atoms with Crippen LogP contribution in [0.4, 0.5) is 10.1 Å². The quantitative estimate of drug-likeness (QED) is 0.736. The van der Waals surface area contributed by atoms with Crippen LogP contribution < -0.4 is 15.7 Å². The molecule has 6 heteroatoms. The van der Waals surface area contributed by atoms with E-state index in [1.807, 2.05) is 6.92 Å². The van der Waals surface area contributed by atoms with Crippen LogP contribution in [0.1, 0.15) is 12.5 Å². The fourth-order valence-electron chi connectivity index (χ4n) is 2.41. The van der Waals surface area contributed by atoms with Gasteiger partial charge in [-0.2, -0.15) is 0 Å². The van der Waals surface area contributed by atoms with E-state index in [4.69, 9.17) is 9.15 Å². The number of hydrogen-bond acceptors (Lipinski definition) is 4. The van der Waals surface area contributed by atoms with E-state index in [0.717, 1.165) is 10.9 Å². The van der Waals surface area contributed by atoms with Crippen LogP contribution in [-0.2, 0) is 4.79 Å². The molecule has 1 unspecified atom stereocenters. The summed E-state index contributed by atoms with van der Waals surface area (Å²) in [5, 5.41) is 3.44. The molecular formula is C19H16FNO4. The minimum Gasteiger partial charge on any atom is -0.481 e. The number of benzene rings is 2. The SMILES string of the molecule is Cc1cc(=O)oc2cc(OC(C)C(=O)Nc3ccc(F)cc3)ccc12. The molecule has 1 atom stereocenters. The molecule has 0 aliphatic carbocycles. The Labute approximate surface area is 143 Å². The first-order valence-electron chi connectivity index (χ1n) is 7.70. The molecule has 0 spiro atoms. The molecule has 0 saturated heterocycles. The lowest BCUT2D eigenvalue weighted by molar-refractivity contribution is -0.122. The third-order valence-electron chi connectivity index (χ3n) is 3.72. The Morgan fingerprint density at radius 3 is 2.60 bits per heavy atom. The van der Waals surface area contributed by atoms with Gasteiger partial charge in [0.25, 0.3) is 5.91 Å². The normalized spacial score (nSPS) is 12.0. The van der Waals surface area contributed by atoms with Crippen molar-refractivity contribution >= 4 is 22.6 Å². The number of hydrogen-bond donors (Lipinski definition) is 1. The first-order chi connectivity index (χ1) is 11.9. The van der Waals surface area contributed by atoms with Crippen molar-refractivity contribution in [3.8, 4) is 5.75 Å². The number of halogens is 1. The second-order valence-corrected chi connectivity index (χ2v) is 5.66. The molecule has 0 radical (unpaired) electrons. The minimum atomic E-state index is -0.793. The number of carbonyl (C=O) groups excluding carboxylic acids is 1. The van der Waals surface area contributed by atoms with Crippen molar-refractivity contribution in [1.82, 2.24) is 0 Å². The van der Waals surface area contributed by atoms with E-state index in [-0.39, 0.29) is 11.7 Å². The zero-order valence-electron chi connectivity index (χ0n) is 13.7. The first kappa shape index (κ1) is 16.7. The zero-order valence-corrected chi connectivity index (χ0v) is 13.7. The molecule has 0 saturated carbocycles. The molecule has 1 amide bonds. The summed E-state index contributed by atoms with van der Waals surface area (Å²) < 4.78 is 23.7. The number of ether oxygens (including phenoxy) is 1. The van der Waals surface area contributed by atoms with Crippen LogP contribution in [0, 0.1) is 12.7 Å². The van der Waals surface area contributed by atoms with E-state index in [0.29, 0.717) is 17.0 Å². The van der Waals surface area contributed by atoms with Gasteiger partial charge in [-0.05, 0) is 55.8 Å². The van der Waals surface area contributed by atoms with E-state index < -0.39 is 11.7 Å². The van der Waals surface area contributed by atoms with Crippen LogP contribution in [-0.4, -0.2) is 12.0 Å². The Morgan fingerprint density at radius 2 is 1.88 bits per heavy atom. The van der Waals surface area contributed by atoms with E-state index in [1.54, 1.807) is 25.1 Å². The van der Waals surface area contributed by atoms with Crippen LogP contribution in [0.5, 0.6) is 5.75 Å². The summed E-state index contributed by atoms with van der Waals surface area (Å²) in [6, 6.07) is 11.9. The number of amides is 1. The zero-order chi connectivity index (χ0) is 18.0. The van der Waals surface area contributed by atoms with Crippen LogP contribution in [0.15, 0.2) is 57.7 Å². The number of anilines is 1. The standard InChI is InChI=1S/C19H16FNO4/c1-11-9-18(22)25-17-10-15(7-8-16(11)17)24-12(2)19(23)21-14-5-3-13(20)4-6-14/h3-10,12H,1-2H3,(H,21,23). The molecule has 1 heterocycles. The highest BCUT2D eigenvalue weighted by Crippen LogP contribution is 2.23. The van der Waals surface area contributed by atoms with Crippen molar-refractivity contribution in [2.24, 2.45) is 0 Å². The largest absolute Gasteiger partial charge is 0.481 e. The van der Waals surface area contributed by atoms with Crippen molar-refractivity contribution in [2.45, 2.75) is 20.0 Å². The summed E-state index contributed by atoms with van der Waals surface area (Å²) in [7, 11) is 0. The predicted molar refractivity (Wildman–Crippen MR) is 92.3 cm³/mol. The molecule has 128 valence electrons. The van der Waals surface area contributed by atoms with Crippen LogP contribution in [0.2, 0.25) is 0 Å². The molecule has 0 aliphatic rings. The summed E-state index contributed by atoms with van der Waals surface area (Å²) in [4.78, 5) is 23.6. The van der Waals surface area contributed by atoms with Crippen LogP contribution in [0.25, 0.3) is 11.0 Å². The van der Waals surface area contributed by atoms with Crippen molar-refractivity contribution in [3.63, 3.8) is 0 Å². The lowest BCUT2D eigenvalue weighted by Crippen LogP contribution is -2.30. The van der Waals surface area contributed by atoms with Gasteiger partial charge in [0, 0.05) is 23.2 Å². The van der Waals surface area contributed by atoms with Crippen molar-refractivity contribution in [2.75, 3.05) is 5.32 Å². The molecule has 0 aliphatic heterocycles. The van der Waals surface area contributed by atoms with E-state index >= 15 is 0 Å². The number of nitrogens with one attached hydrogen (secondary N) is 1. The highest BCUT2D eigenvalue weighted by Gasteiger charge is 2.15. The molecule has 1 aromatic heterocycles. The Kier molecular flexibility index (Phi) is 4.52. The summed E-state index contributed by atoms with van der Waals surface area (Å²) in [5.74, 6) is -0.351. The van der Waals surface area contributed by atoms with Crippen LogP contribution >= 0.6 is 0 Å². The fourth-order valence-corrected chi connectivity index (χ4v) is 2.41. The summed E-state index contributed by atoms with van der Waals surface area (Å²) in [6.45, 7) is 3.41. The Bertz CT molecular complexity index is 979. The third-order valence-corrected chi connectivity index (χ3v) is 3.72. The highest BCUT2D eigenvalue weighted by molar-refractivity contribution is 5.94. The summed E-state index contributed by atoms with van der Waals surface area (Å²) >= 11 is 0. The molecule has 1 N–H and O–H groups in total. The lowest BCUT2D eigenvalue weighted by atomic mass is 10.1. The first-order valence-corrected chi connectivity index (χ1v) is 7.70. The van der Waals surface area contributed by atoms with Crippen molar-refractivity contribution in [3.05, 3.63) is 70.3 Å². The smallest absolute Gasteiger partial charge is 0.336 e. The Balaban J connectivity index is 1.74. The summed E-state index contributed by atoms with van der Waals surface area (Å²) in [5.41, 5.74) is 1.24. The molecule has 3 aromatic rings. The lowest BCUT2D eigenvalue weighted by Gasteiger charge is -2.15. The van der Waals surface area contributed by atoms with E-state index in [2.05, 4.69) is 5.32 Å². The number of rotatable bonds is 4. The van der Waals surface area contributed by atoms with Crippen LogP contribution in [0.3, 0.4) is 0 Å². The molecule has 5 nitrogen and oxygen atoms in total. The number of aryl methyl sites for hydroxylation is 1. The average molecular weight is 341 g/mol.